The molecule has 0 atom stereocenters. The molecule has 0 saturated carbocycles. The summed E-state index contributed by atoms with van der Waals surface area (Å²) in [7, 11) is -1.77. The predicted octanol–water partition coefficient (Wildman–Crippen LogP) is 4.15. The number of carbonyl (C=O) groups excluding carboxylic acids is 1. The van der Waals surface area contributed by atoms with Crippen LogP contribution in [0.4, 0.5) is 0 Å². The Kier molecular flexibility index (Phi) is 9.79. The molecule has 1 saturated heterocycles. The first-order valence-electron chi connectivity index (χ1n) is 11.6. The van der Waals surface area contributed by atoms with Gasteiger partial charge in [-0.05, 0) is 68.0 Å². The summed E-state index contributed by atoms with van der Waals surface area (Å²) in [4.78, 5) is 12.6. The third-order valence-electron chi connectivity index (χ3n) is 5.95. The Morgan fingerprint density at radius 3 is 2.41 bits per heavy atom. The van der Waals surface area contributed by atoms with Gasteiger partial charge in [0.25, 0.3) is 0 Å². The van der Waals surface area contributed by atoms with E-state index in [-0.39, 0.29) is 17.6 Å². The van der Waals surface area contributed by atoms with Gasteiger partial charge in [-0.3, -0.25) is 4.79 Å². The molecule has 2 aromatic carbocycles. The van der Waals surface area contributed by atoms with Crippen LogP contribution >= 0.6 is 15.9 Å². The van der Waals surface area contributed by atoms with E-state index in [9.17, 15) is 13.2 Å². The number of sulfonamides is 1. The van der Waals surface area contributed by atoms with Crippen LogP contribution in [0.25, 0.3) is 0 Å². The van der Waals surface area contributed by atoms with E-state index in [4.69, 9.17) is 9.47 Å². The highest BCUT2D eigenvalue weighted by atomic mass is 79.9. The lowest BCUT2D eigenvalue weighted by Crippen LogP contribution is -2.43. The number of ether oxygens (including phenoxy) is 2. The molecule has 3 rings (SSSR count). The number of piperidine rings is 1. The average Bonchev–Trinajstić information content (AvgIpc) is 2.84. The summed E-state index contributed by atoms with van der Waals surface area (Å²) >= 11 is 3.36. The summed E-state index contributed by atoms with van der Waals surface area (Å²) < 4.78 is 38.9. The Labute approximate surface area is 211 Å². The molecule has 7 nitrogen and oxygen atoms in total. The first-order valence-corrected chi connectivity index (χ1v) is 14.0. The van der Waals surface area contributed by atoms with E-state index in [2.05, 4.69) is 21.2 Å². The predicted molar refractivity (Wildman–Crippen MR) is 137 cm³/mol. The fraction of sp³-hybridized carbons (Fsp3) is 0.480. The number of amides is 1. The third kappa shape index (κ3) is 7.45. The molecule has 0 aromatic heterocycles. The second-order valence-electron chi connectivity index (χ2n) is 8.37. The molecule has 1 amide bonds. The van der Waals surface area contributed by atoms with Crippen LogP contribution < -0.4 is 14.8 Å². The largest absolute Gasteiger partial charge is 0.493 e. The molecule has 1 aliphatic rings. The van der Waals surface area contributed by atoms with Crippen LogP contribution in [0.1, 0.15) is 37.3 Å². The highest BCUT2D eigenvalue weighted by Crippen LogP contribution is 2.28. The lowest BCUT2D eigenvalue weighted by atomic mass is 9.97. The number of nitrogens with zero attached hydrogens (tertiary/aromatic N) is 1. The van der Waals surface area contributed by atoms with E-state index in [0.29, 0.717) is 44.8 Å². The first-order chi connectivity index (χ1) is 16.3. The molecule has 0 radical (unpaired) electrons. The number of rotatable bonds is 11. The molecule has 2 aromatic rings. The van der Waals surface area contributed by atoms with Crippen molar-refractivity contribution in [2.75, 3.05) is 33.4 Å². The lowest BCUT2D eigenvalue weighted by molar-refractivity contribution is -0.126. The van der Waals surface area contributed by atoms with Crippen molar-refractivity contribution >= 4 is 31.9 Å². The van der Waals surface area contributed by atoms with E-state index in [1.165, 1.54) is 4.31 Å². The quantitative estimate of drug-likeness (QED) is 0.423. The van der Waals surface area contributed by atoms with Crippen molar-refractivity contribution < 1.29 is 22.7 Å². The van der Waals surface area contributed by atoms with Crippen molar-refractivity contribution in [2.24, 2.45) is 5.92 Å². The van der Waals surface area contributed by atoms with Gasteiger partial charge < -0.3 is 14.8 Å². The minimum atomic E-state index is -3.40. The van der Waals surface area contributed by atoms with E-state index in [1.54, 1.807) is 7.11 Å². The summed E-state index contributed by atoms with van der Waals surface area (Å²) in [5, 5.41) is 3.01. The Morgan fingerprint density at radius 2 is 1.76 bits per heavy atom. The van der Waals surface area contributed by atoms with Crippen LogP contribution in [0.5, 0.6) is 11.5 Å². The van der Waals surface area contributed by atoms with Crippen molar-refractivity contribution in [3.05, 3.63) is 58.1 Å². The Morgan fingerprint density at radius 1 is 1.09 bits per heavy atom. The number of aryl methyl sites for hydroxylation is 1. The van der Waals surface area contributed by atoms with Crippen LogP contribution in [0.3, 0.4) is 0 Å². The molecule has 9 heteroatoms. The summed E-state index contributed by atoms with van der Waals surface area (Å²) in [6.07, 6.45) is 2.71. The molecule has 1 N–H and O–H groups in total. The van der Waals surface area contributed by atoms with Crippen LogP contribution in [0.2, 0.25) is 0 Å². The first kappa shape index (κ1) is 26.5. The van der Waals surface area contributed by atoms with Crippen molar-refractivity contribution in [3.63, 3.8) is 0 Å². The molecule has 34 heavy (non-hydrogen) atoms. The lowest BCUT2D eigenvalue weighted by Gasteiger charge is -2.30. The second kappa shape index (κ2) is 12.6. The standard InChI is InChI=1S/C25H33BrN2O5S/c1-3-33-23-11-8-19(17-24(23)32-2)5-4-14-27-25(29)21-12-15-28(16-13-21)34(30,31)18-20-6-9-22(26)10-7-20/h6-11,17,21H,3-5,12-16,18H2,1-2H3,(H,27,29). The normalized spacial score (nSPS) is 15.1. The molecule has 0 aliphatic carbocycles. The van der Waals surface area contributed by atoms with Gasteiger partial charge in [-0.15, -0.1) is 0 Å². The summed E-state index contributed by atoms with van der Waals surface area (Å²) in [5.41, 5.74) is 1.88. The second-order valence-corrected chi connectivity index (χ2v) is 11.3. The fourth-order valence-electron chi connectivity index (χ4n) is 4.07. The molecular weight excluding hydrogens is 520 g/mol. The minimum absolute atomic E-state index is 0.00855. The molecule has 0 spiro atoms. The zero-order valence-corrected chi connectivity index (χ0v) is 22.2. The van der Waals surface area contributed by atoms with E-state index >= 15 is 0 Å². The van der Waals surface area contributed by atoms with Crippen molar-refractivity contribution in [2.45, 2.75) is 38.4 Å². The number of hydrogen-bond donors (Lipinski definition) is 1. The summed E-state index contributed by atoms with van der Waals surface area (Å²) in [5.74, 6) is 1.28. The van der Waals surface area contributed by atoms with Gasteiger partial charge in [-0.1, -0.05) is 34.1 Å². The van der Waals surface area contributed by atoms with E-state index in [0.717, 1.165) is 34.2 Å². The van der Waals surface area contributed by atoms with Gasteiger partial charge in [0.2, 0.25) is 15.9 Å². The van der Waals surface area contributed by atoms with Crippen molar-refractivity contribution in [1.82, 2.24) is 9.62 Å². The average molecular weight is 554 g/mol. The number of methoxy groups -OCH3 is 1. The number of carbonyl (C=O) groups is 1. The molecule has 0 bridgehead atoms. The zero-order chi connectivity index (χ0) is 24.6. The van der Waals surface area contributed by atoms with Crippen LogP contribution in [-0.2, 0) is 27.0 Å². The Hall–Kier alpha value is -2.10. The molecular formula is C25H33BrN2O5S. The number of nitrogens with one attached hydrogen (secondary N) is 1. The maximum Gasteiger partial charge on any atom is 0.223 e. The van der Waals surface area contributed by atoms with Gasteiger partial charge in [-0.2, -0.15) is 0 Å². The monoisotopic (exact) mass is 552 g/mol. The van der Waals surface area contributed by atoms with Gasteiger partial charge in [0.05, 0.1) is 19.5 Å². The van der Waals surface area contributed by atoms with Crippen LogP contribution in [-0.4, -0.2) is 52.0 Å². The van der Waals surface area contributed by atoms with Crippen LogP contribution in [0.15, 0.2) is 46.9 Å². The zero-order valence-electron chi connectivity index (χ0n) is 19.8. The highest BCUT2D eigenvalue weighted by Gasteiger charge is 2.31. The minimum Gasteiger partial charge on any atom is -0.493 e. The van der Waals surface area contributed by atoms with Gasteiger partial charge in [0.15, 0.2) is 11.5 Å². The van der Waals surface area contributed by atoms with Gasteiger partial charge in [0, 0.05) is 30.0 Å². The summed E-state index contributed by atoms with van der Waals surface area (Å²) in [6.45, 7) is 3.85. The van der Waals surface area contributed by atoms with Crippen molar-refractivity contribution in [3.8, 4) is 11.5 Å². The van der Waals surface area contributed by atoms with Gasteiger partial charge in [0.1, 0.15) is 0 Å². The summed E-state index contributed by atoms with van der Waals surface area (Å²) in [6, 6.07) is 13.2. The maximum absolute atomic E-state index is 12.8. The Balaban J connectivity index is 1.40. The van der Waals surface area contributed by atoms with Gasteiger partial charge >= 0.3 is 0 Å². The molecule has 1 aliphatic heterocycles. The molecule has 0 unspecified atom stereocenters. The third-order valence-corrected chi connectivity index (χ3v) is 8.33. The van der Waals surface area contributed by atoms with Gasteiger partial charge in [-0.25, -0.2) is 12.7 Å². The van der Waals surface area contributed by atoms with Crippen LogP contribution in [0, 0.1) is 5.92 Å². The highest BCUT2D eigenvalue weighted by molar-refractivity contribution is 9.10. The number of halogens is 1. The number of hydrogen-bond acceptors (Lipinski definition) is 5. The molecule has 186 valence electrons. The molecule has 1 heterocycles. The van der Waals surface area contributed by atoms with Crippen molar-refractivity contribution in [1.29, 1.82) is 0 Å². The maximum atomic E-state index is 12.8. The molecule has 1 fully saturated rings. The smallest absolute Gasteiger partial charge is 0.223 e. The van der Waals surface area contributed by atoms with E-state index in [1.807, 2.05) is 49.4 Å². The van der Waals surface area contributed by atoms with E-state index < -0.39 is 10.0 Å². The number of benzene rings is 2. The topological polar surface area (TPSA) is 84.9 Å². The SMILES string of the molecule is CCOc1ccc(CCCNC(=O)C2CCN(S(=O)(=O)Cc3ccc(Br)cc3)CC2)cc1OC. The Bertz CT molecular complexity index is 1050. The fourth-order valence-corrected chi connectivity index (χ4v) is 5.90.